The molecule has 1 aromatic carbocycles. The van der Waals surface area contributed by atoms with Crippen LogP contribution in [0.25, 0.3) is 10.6 Å². The molecule has 0 unspecified atom stereocenters. The Balaban J connectivity index is 2.04. The molecule has 3 nitrogen and oxygen atoms in total. The van der Waals surface area contributed by atoms with E-state index in [0.29, 0.717) is 6.42 Å². The topological polar surface area (TPSA) is 50.2 Å². The minimum absolute atomic E-state index is 0.198. The fourth-order valence-corrected chi connectivity index (χ4v) is 2.85. The zero-order valence-corrected chi connectivity index (χ0v) is 12.0. The molecule has 18 heavy (non-hydrogen) atoms. The number of hydrogen-bond donors (Lipinski definition) is 1. The number of halogens is 1. The minimum Gasteiger partial charge on any atom is -0.481 e. The second kappa shape index (κ2) is 6.11. The van der Waals surface area contributed by atoms with E-state index in [4.69, 9.17) is 5.11 Å². The molecule has 94 valence electrons. The Hall–Kier alpha value is -1.20. The van der Waals surface area contributed by atoms with Gasteiger partial charge in [0.1, 0.15) is 5.01 Å². The molecule has 0 atom stereocenters. The summed E-state index contributed by atoms with van der Waals surface area (Å²) >= 11 is 5.03. The molecule has 1 aromatic heterocycles. The van der Waals surface area contributed by atoms with Gasteiger partial charge in [-0.1, -0.05) is 28.1 Å². The number of thiazole rings is 1. The first-order valence-corrected chi connectivity index (χ1v) is 7.24. The lowest BCUT2D eigenvalue weighted by Crippen LogP contribution is -1.95. The third-order valence-corrected chi connectivity index (χ3v) is 3.88. The van der Waals surface area contributed by atoms with Gasteiger partial charge in [-0.3, -0.25) is 4.79 Å². The molecule has 2 aromatic rings. The summed E-state index contributed by atoms with van der Waals surface area (Å²) in [5.41, 5.74) is 2.05. The first-order chi connectivity index (χ1) is 8.65. The van der Waals surface area contributed by atoms with Crippen molar-refractivity contribution in [1.82, 2.24) is 4.98 Å². The van der Waals surface area contributed by atoms with Crippen molar-refractivity contribution in [3.05, 3.63) is 39.8 Å². The maximum absolute atomic E-state index is 10.4. The summed E-state index contributed by atoms with van der Waals surface area (Å²) < 4.78 is 1.03. The van der Waals surface area contributed by atoms with E-state index in [9.17, 15) is 4.79 Å². The molecule has 0 bridgehead atoms. The molecule has 0 saturated heterocycles. The standard InChI is InChI=1S/C13H12BrNO2S/c14-10-4-1-3-9(7-10)13-15-11(8-18-13)5-2-6-12(16)17/h1,3-4,7-8H,2,5-6H2,(H,16,17). The number of aromatic nitrogens is 1. The molecule has 0 aliphatic heterocycles. The molecular formula is C13H12BrNO2S. The number of nitrogens with zero attached hydrogens (tertiary/aromatic N) is 1. The number of carboxylic acids is 1. The lowest BCUT2D eigenvalue weighted by molar-refractivity contribution is -0.137. The van der Waals surface area contributed by atoms with Gasteiger partial charge < -0.3 is 5.11 Å². The number of rotatable bonds is 5. The number of aliphatic carboxylic acids is 1. The molecular weight excluding hydrogens is 314 g/mol. The van der Waals surface area contributed by atoms with Crippen molar-refractivity contribution < 1.29 is 9.90 Å². The van der Waals surface area contributed by atoms with Gasteiger partial charge in [0, 0.05) is 21.8 Å². The van der Waals surface area contributed by atoms with Crippen molar-refractivity contribution >= 4 is 33.2 Å². The van der Waals surface area contributed by atoms with Crippen LogP contribution < -0.4 is 0 Å². The largest absolute Gasteiger partial charge is 0.481 e. The molecule has 5 heteroatoms. The molecule has 1 heterocycles. The molecule has 2 rings (SSSR count). The van der Waals surface area contributed by atoms with Crippen LogP contribution in [-0.4, -0.2) is 16.1 Å². The van der Waals surface area contributed by atoms with Crippen LogP contribution >= 0.6 is 27.3 Å². The van der Waals surface area contributed by atoms with Crippen molar-refractivity contribution in [3.63, 3.8) is 0 Å². The number of hydrogen-bond acceptors (Lipinski definition) is 3. The Morgan fingerprint density at radius 3 is 3.00 bits per heavy atom. The second-order valence-corrected chi connectivity index (χ2v) is 5.68. The Labute approximate surface area is 118 Å². The normalized spacial score (nSPS) is 10.5. The molecule has 0 spiro atoms. The van der Waals surface area contributed by atoms with Crippen LogP contribution in [0.5, 0.6) is 0 Å². The first kappa shape index (κ1) is 13.2. The summed E-state index contributed by atoms with van der Waals surface area (Å²) in [5, 5.41) is 11.6. The maximum atomic E-state index is 10.4. The van der Waals surface area contributed by atoms with E-state index in [-0.39, 0.29) is 6.42 Å². The van der Waals surface area contributed by atoms with Crippen LogP contribution in [0.2, 0.25) is 0 Å². The quantitative estimate of drug-likeness (QED) is 0.904. The number of benzene rings is 1. The van der Waals surface area contributed by atoms with Crippen molar-refractivity contribution in [3.8, 4) is 10.6 Å². The van der Waals surface area contributed by atoms with Crippen molar-refractivity contribution in [2.75, 3.05) is 0 Å². The zero-order chi connectivity index (χ0) is 13.0. The van der Waals surface area contributed by atoms with Gasteiger partial charge in [0.2, 0.25) is 0 Å². The lowest BCUT2D eigenvalue weighted by atomic mass is 10.2. The van der Waals surface area contributed by atoms with Crippen LogP contribution in [0.15, 0.2) is 34.1 Å². The van der Waals surface area contributed by atoms with Gasteiger partial charge >= 0.3 is 5.97 Å². The predicted molar refractivity (Wildman–Crippen MR) is 75.8 cm³/mol. The fourth-order valence-electron chi connectivity index (χ4n) is 1.60. The summed E-state index contributed by atoms with van der Waals surface area (Å²) in [7, 11) is 0. The number of aryl methyl sites for hydroxylation is 1. The highest BCUT2D eigenvalue weighted by atomic mass is 79.9. The minimum atomic E-state index is -0.752. The van der Waals surface area contributed by atoms with E-state index in [0.717, 1.165) is 27.2 Å². The fraction of sp³-hybridized carbons (Fsp3) is 0.231. The van der Waals surface area contributed by atoms with Gasteiger partial charge in [-0.2, -0.15) is 0 Å². The Morgan fingerprint density at radius 2 is 2.28 bits per heavy atom. The highest BCUT2D eigenvalue weighted by molar-refractivity contribution is 9.10. The molecule has 1 N–H and O–H groups in total. The average molecular weight is 326 g/mol. The Morgan fingerprint density at radius 1 is 1.44 bits per heavy atom. The van der Waals surface area contributed by atoms with Crippen LogP contribution in [0.4, 0.5) is 0 Å². The van der Waals surface area contributed by atoms with Gasteiger partial charge in [0.05, 0.1) is 5.69 Å². The highest BCUT2D eigenvalue weighted by Crippen LogP contribution is 2.26. The molecule has 0 aliphatic carbocycles. The third-order valence-electron chi connectivity index (χ3n) is 2.45. The smallest absolute Gasteiger partial charge is 0.303 e. The summed E-state index contributed by atoms with van der Waals surface area (Å²) in [4.78, 5) is 15.0. The monoisotopic (exact) mass is 325 g/mol. The first-order valence-electron chi connectivity index (χ1n) is 5.57. The summed E-state index contributed by atoms with van der Waals surface area (Å²) in [6.07, 6.45) is 1.55. The van der Waals surface area contributed by atoms with E-state index in [1.54, 1.807) is 11.3 Å². The van der Waals surface area contributed by atoms with Gasteiger partial charge in [0.25, 0.3) is 0 Å². The average Bonchev–Trinajstić information content (AvgIpc) is 2.77. The summed E-state index contributed by atoms with van der Waals surface area (Å²) in [6.45, 7) is 0. The molecule has 0 fully saturated rings. The number of carbonyl (C=O) groups is 1. The van der Waals surface area contributed by atoms with E-state index in [2.05, 4.69) is 20.9 Å². The lowest BCUT2D eigenvalue weighted by Gasteiger charge is -1.97. The summed E-state index contributed by atoms with van der Waals surface area (Å²) in [5.74, 6) is -0.752. The zero-order valence-electron chi connectivity index (χ0n) is 9.60. The van der Waals surface area contributed by atoms with Gasteiger partial charge in [-0.15, -0.1) is 11.3 Å². The highest BCUT2D eigenvalue weighted by Gasteiger charge is 2.06. The summed E-state index contributed by atoms with van der Waals surface area (Å²) in [6, 6.07) is 8.00. The van der Waals surface area contributed by atoms with Crippen molar-refractivity contribution in [2.24, 2.45) is 0 Å². The van der Waals surface area contributed by atoms with E-state index in [1.165, 1.54) is 0 Å². The van der Waals surface area contributed by atoms with Crippen LogP contribution in [0.1, 0.15) is 18.5 Å². The molecule has 0 saturated carbocycles. The van der Waals surface area contributed by atoms with Crippen LogP contribution in [0, 0.1) is 0 Å². The molecule has 0 amide bonds. The van der Waals surface area contributed by atoms with E-state index >= 15 is 0 Å². The van der Waals surface area contributed by atoms with Crippen molar-refractivity contribution in [2.45, 2.75) is 19.3 Å². The predicted octanol–water partition coefficient (Wildman–Crippen LogP) is 3.98. The third kappa shape index (κ3) is 3.65. The van der Waals surface area contributed by atoms with Gasteiger partial charge in [-0.25, -0.2) is 4.98 Å². The van der Waals surface area contributed by atoms with Gasteiger partial charge in [-0.05, 0) is 25.0 Å². The maximum Gasteiger partial charge on any atom is 0.303 e. The number of carboxylic acid groups (broad SMARTS) is 1. The van der Waals surface area contributed by atoms with E-state index < -0.39 is 5.97 Å². The second-order valence-electron chi connectivity index (χ2n) is 3.90. The van der Waals surface area contributed by atoms with Crippen LogP contribution in [0.3, 0.4) is 0 Å². The SMILES string of the molecule is O=C(O)CCCc1csc(-c2cccc(Br)c2)n1. The van der Waals surface area contributed by atoms with Crippen LogP contribution in [-0.2, 0) is 11.2 Å². The van der Waals surface area contributed by atoms with Gasteiger partial charge in [0.15, 0.2) is 0 Å². The molecule has 0 radical (unpaired) electrons. The van der Waals surface area contributed by atoms with Crippen molar-refractivity contribution in [1.29, 1.82) is 0 Å². The Kier molecular flexibility index (Phi) is 4.49. The molecule has 0 aliphatic rings. The Bertz CT molecular complexity index is 553. The van der Waals surface area contributed by atoms with E-state index in [1.807, 2.05) is 29.6 Å².